The predicted octanol–water partition coefficient (Wildman–Crippen LogP) is 4.53. The summed E-state index contributed by atoms with van der Waals surface area (Å²) < 4.78 is 0. The molecule has 198 valence electrons. The van der Waals surface area contributed by atoms with Crippen molar-refractivity contribution >= 4 is 46.0 Å². The third-order valence-electron chi connectivity index (χ3n) is 8.38. The van der Waals surface area contributed by atoms with Gasteiger partial charge in [0.2, 0.25) is 0 Å². The number of aromatic nitrogens is 1. The van der Waals surface area contributed by atoms with Crippen LogP contribution in [0.5, 0.6) is 0 Å². The minimum absolute atomic E-state index is 0.211. The molecule has 4 amide bonds. The number of hydrogen-bond donors (Lipinski definition) is 2. The van der Waals surface area contributed by atoms with E-state index in [9.17, 15) is 14.4 Å². The van der Waals surface area contributed by atoms with E-state index >= 15 is 0 Å². The van der Waals surface area contributed by atoms with Crippen molar-refractivity contribution in [3.63, 3.8) is 0 Å². The molecule has 0 unspecified atom stereocenters. The number of nitrogens with one attached hydrogen (secondary N) is 2. The maximum absolute atomic E-state index is 13.6. The number of piperidine rings is 1. The van der Waals surface area contributed by atoms with Gasteiger partial charge >= 0.3 is 6.03 Å². The number of H-pyrrole nitrogens is 1. The second-order valence-corrected chi connectivity index (χ2v) is 11.5. The first kappa shape index (κ1) is 24.9. The number of carbonyl (C=O) groups is 3. The zero-order valence-electron chi connectivity index (χ0n) is 21.7. The van der Waals surface area contributed by atoms with Gasteiger partial charge in [-0.25, -0.2) is 9.69 Å². The van der Waals surface area contributed by atoms with Gasteiger partial charge < -0.3 is 20.1 Å². The van der Waals surface area contributed by atoms with Gasteiger partial charge in [0.05, 0.1) is 16.8 Å². The van der Waals surface area contributed by atoms with Crippen LogP contribution in [-0.2, 0) is 10.2 Å². The van der Waals surface area contributed by atoms with Crippen LogP contribution in [-0.4, -0.2) is 71.9 Å². The number of halogens is 1. The van der Waals surface area contributed by atoms with E-state index in [-0.39, 0.29) is 23.3 Å². The highest BCUT2D eigenvalue weighted by atomic mass is 35.5. The van der Waals surface area contributed by atoms with Gasteiger partial charge in [-0.15, -0.1) is 0 Å². The van der Waals surface area contributed by atoms with Crippen LogP contribution in [0, 0.1) is 0 Å². The molecule has 2 saturated heterocycles. The minimum Gasteiger partial charge on any atom is -0.360 e. The summed E-state index contributed by atoms with van der Waals surface area (Å²) in [5.41, 5.74) is 3.31. The van der Waals surface area contributed by atoms with E-state index in [0.29, 0.717) is 35.7 Å². The lowest BCUT2D eigenvalue weighted by Crippen LogP contribution is -2.55. The Hall–Kier alpha value is -3.36. The third kappa shape index (κ3) is 4.25. The van der Waals surface area contributed by atoms with E-state index in [1.807, 2.05) is 12.1 Å². The van der Waals surface area contributed by atoms with E-state index < -0.39 is 12.1 Å². The molecule has 9 heteroatoms. The van der Waals surface area contributed by atoms with Crippen LogP contribution in [0.4, 0.5) is 10.5 Å². The second kappa shape index (κ2) is 9.43. The van der Waals surface area contributed by atoms with Crippen molar-refractivity contribution in [1.29, 1.82) is 0 Å². The fraction of sp³-hybridized carbons (Fsp3) is 0.414. The number of aromatic amines is 1. The maximum atomic E-state index is 13.6. The van der Waals surface area contributed by atoms with Gasteiger partial charge in [0.15, 0.2) is 0 Å². The number of imide groups is 1. The van der Waals surface area contributed by atoms with Crippen LogP contribution < -0.4 is 10.2 Å². The summed E-state index contributed by atoms with van der Waals surface area (Å²) in [4.78, 5) is 48.3. The molecule has 6 rings (SSSR count). The van der Waals surface area contributed by atoms with E-state index in [1.165, 1.54) is 23.3 Å². The number of benzene rings is 2. The van der Waals surface area contributed by atoms with Crippen LogP contribution in [0.1, 0.15) is 48.0 Å². The van der Waals surface area contributed by atoms with Crippen molar-refractivity contribution < 1.29 is 14.4 Å². The Labute approximate surface area is 226 Å². The molecule has 3 aliphatic rings. The number of nitrogens with zero attached hydrogens (tertiary/aromatic N) is 3. The largest absolute Gasteiger partial charge is 0.360 e. The Morgan fingerprint density at radius 2 is 1.92 bits per heavy atom. The SMILES string of the molecule is CN(C)CCC1(c2ccc(N3C(=O)[C@@H]4[C@H](NC(=O)c5ccc6c(Cl)c[nH]c6c5)CCCN4C3=O)cc2)CC1. The summed E-state index contributed by atoms with van der Waals surface area (Å²) >= 11 is 6.16. The van der Waals surface area contributed by atoms with Crippen LogP contribution in [0.3, 0.4) is 0 Å². The molecule has 3 fully saturated rings. The molecule has 3 aromatic rings. The molecule has 0 bridgehead atoms. The number of amides is 4. The zero-order chi connectivity index (χ0) is 26.6. The molecule has 1 saturated carbocycles. The zero-order valence-corrected chi connectivity index (χ0v) is 22.4. The smallest absolute Gasteiger partial charge is 0.332 e. The Morgan fingerprint density at radius 1 is 1.16 bits per heavy atom. The maximum Gasteiger partial charge on any atom is 0.332 e. The molecular weight excluding hydrogens is 502 g/mol. The molecule has 0 radical (unpaired) electrons. The molecule has 0 spiro atoms. The van der Waals surface area contributed by atoms with Gasteiger partial charge in [-0.05, 0) is 88.0 Å². The van der Waals surface area contributed by atoms with Gasteiger partial charge in [-0.1, -0.05) is 29.8 Å². The number of fused-ring (bicyclic) bond motifs is 2. The van der Waals surface area contributed by atoms with Crippen molar-refractivity contribution in [2.24, 2.45) is 0 Å². The lowest BCUT2D eigenvalue weighted by atomic mass is 9.92. The first-order valence-corrected chi connectivity index (χ1v) is 13.6. The predicted molar refractivity (Wildman–Crippen MR) is 148 cm³/mol. The number of hydrogen-bond acceptors (Lipinski definition) is 4. The monoisotopic (exact) mass is 533 g/mol. The van der Waals surface area contributed by atoms with Gasteiger partial charge in [-0.2, -0.15) is 0 Å². The Kier molecular flexibility index (Phi) is 6.19. The molecule has 8 nitrogen and oxygen atoms in total. The standard InChI is InChI=1S/C29H32ClN5O3/c1-33(2)15-13-29(11-12-29)19-6-8-20(9-7-19)35-27(37)25-23(4-3-14-34(25)28(35)38)32-26(36)18-5-10-21-22(30)17-31-24(21)16-18/h5-10,16-17,23,25,31H,3-4,11-15H2,1-2H3,(H,32,36)/t23-,25+/m1/s1. The van der Waals surface area contributed by atoms with Crippen LogP contribution in [0.15, 0.2) is 48.7 Å². The summed E-state index contributed by atoms with van der Waals surface area (Å²) in [5, 5.41) is 4.47. The summed E-state index contributed by atoms with van der Waals surface area (Å²) in [5.74, 6) is -0.562. The fourth-order valence-electron chi connectivity index (χ4n) is 5.98. The van der Waals surface area contributed by atoms with Crippen molar-refractivity contribution in [1.82, 2.24) is 20.1 Å². The Bertz CT molecular complexity index is 1410. The normalized spacial score (nSPS) is 22.3. The Balaban J connectivity index is 1.19. The summed E-state index contributed by atoms with van der Waals surface area (Å²) in [6.07, 6.45) is 6.47. The van der Waals surface area contributed by atoms with Crippen LogP contribution in [0.25, 0.3) is 10.9 Å². The van der Waals surface area contributed by atoms with Crippen molar-refractivity contribution in [3.05, 3.63) is 64.8 Å². The number of anilines is 1. The summed E-state index contributed by atoms with van der Waals surface area (Å²) in [6.45, 7) is 1.53. The highest BCUT2D eigenvalue weighted by Gasteiger charge is 2.51. The molecule has 2 aromatic carbocycles. The molecule has 38 heavy (non-hydrogen) atoms. The molecule has 2 N–H and O–H groups in total. The van der Waals surface area contributed by atoms with Crippen molar-refractivity contribution in [2.75, 3.05) is 32.1 Å². The minimum atomic E-state index is -0.710. The van der Waals surface area contributed by atoms with Crippen molar-refractivity contribution in [3.8, 4) is 0 Å². The van der Waals surface area contributed by atoms with Gasteiger partial charge in [-0.3, -0.25) is 9.59 Å². The molecule has 1 aromatic heterocycles. The fourth-order valence-corrected chi connectivity index (χ4v) is 6.20. The Morgan fingerprint density at radius 3 is 2.63 bits per heavy atom. The average molecular weight is 534 g/mol. The molecular formula is C29H32ClN5O3. The van der Waals surface area contributed by atoms with E-state index in [2.05, 4.69) is 41.4 Å². The lowest BCUT2D eigenvalue weighted by molar-refractivity contribution is -0.121. The van der Waals surface area contributed by atoms with Gasteiger partial charge in [0.25, 0.3) is 11.8 Å². The average Bonchev–Trinajstić information content (AvgIpc) is 3.56. The number of rotatable bonds is 7. The van der Waals surface area contributed by atoms with Crippen LogP contribution in [0.2, 0.25) is 5.02 Å². The summed E-state index contributed by atoms with van der Waals surface area (Å²) in [6, 6.07) is 11.7. The summed E-state index contributed by atoms with van der Waals surface area (Å²) in [7, 11) is 4.18. The molecule has 3 heterocycles. The number of urea groups is 1. The molecule has 2 aliphatic heterocycles. The van der Waals surface area contributed by atoms with E-state index in [4.69, 9.17) is 11.6 Å². The number of carbonyl (C=O) groups excluding carboxylic acids is 3. The van der Waals surface area contributed by atoms with Crippen molar-refractivity contribution in [2.45, 2.75) is 49.6 Å². The second-order valence-electron chi connectivity index (χ2n) is 11.1. The highest BCUT2D eigenvalue weighted by molar-refractivity contribution is 6.35. The molecule has 1 aliphatic carbocycles. The van der Waals surface area contributed by atoms with Gasteiger partial charge in [0, 0.05) is 29.2 Å². The first-order valence-electron chi connectivity index (χ1n) is 13.2. The van der Waals surface area contributed by atoms with Gasteiger partial charge in [0.1, 0.15) is 6.04 Å². The quantitative estimate of drug-likeness (QED) is 0.437. The van der Waals surface area contributed by atoms with Crippen LogP contribution >= 0.6 is 11.6 Å². The third-order valence-corrected chi connectivity index (χ3v) is 8.69. The van der Waals surface area contributed by atoms with E-state index in [1.54, 1.807) is 29.3 Å². The highest BCUT2D eigenvalue weighted by Crippen LogP contribution is 2.51. The van der Waals surface area contributed by atoms with E-state index in [0.717, 1.165) is 23.9 Å². The topological polar surface area (TPSA) is 88.8 Å². The lowest BCUT2D eigenvalue weighted by Gasteiger charge is -2.34. The molecule has 2 atom stereocenters. The first-order chi connectivity index (χ1) is 18.3.